The topological polar surface area (TPSA) is 76.3 Å². The zero-order valence-corrected chi connectivity index (χ0v) is 12.5. The average molecular weight is 334 g/mol. The van der Waals surface area contributed by atoms with Gasteiger partial charge in [-0.05, 0) is 40.8 Å². The number of pyridine rings is 1. The second-order valence-corrected chi connectivity index (χ2v) is 7.41. The van der Waals surface area contributed by atoms with E-state index in [1.54, 1.807) is 19.3 Å². The fourth-order valence-electron chi connectivity index (χ4n) is 2.00. The molecule has 0 aliphatic heterocycles. The highest BCUT2D eigenvalue weighted by molar-refractivity contribution is 9.10. The number of hydrogen-bond donors (Lipinski definition) is 1. The van der Waals surface area contributed by atoms with E-state index in [0.717, 1.165) is 12.8 Å². The van der Waals surface area contributed by atoms with Crippen LogP contribution in [-0.2, 0) is 10.0 Å². The van der Waals surface area contributed by atoms with Crippen molar-refractivity contribution in [1.82, 2.24) is 9.29 Å². The fourth-order valence-corrected chi connectivity index (χ4v) is 3.93. The minimum absolute atomic E-state index is 0.117. The van der Waals surface area contributed by atoms with Crippen molar-refractivity contribution in [3.05, 3.63) is 22.9 Å². The number of rotatable bonds is 5. The maximum absolute atomic E-state index is 12.4. The zero-order valence-electron chi connectivity index (χ0n) is 10.1. The van der Waals surface area contributed by atoms with E-state index in [9.17, 15) is 8.42 Å². The van der Waals surface area contributed by atoms with E-state index < -0.39 is 10.0 Å². The predicted molar refractivity (Wildman–Crippen MR) is 72.5 cm³/mol. The third-order valence-electron chi connectivity index (χ3n) is 3.23. The van der Waals surface area contributed by atoms with Crippen molar-refractivity contribution in [2.24, 2.45) is 11.7 Å². The minimum atomic E-state index is -3.52. The van der Waals surface area contributed by atoms with Crippen LogP contribution < -0.4 is 5.73 Å². The summed E-state index contributed by atoms with van der Waals surface area (Å²) in [6.07, 6.45) is 5.02. The third kappa shape index (κ3) is 2.74. The lowest BCUT2D eigenvalue weighted by Gasteiger charge is -2.26. The van der Waals surface area contributed by atoms with Gasteiger partial charge in [-0.15, -0.1) is 0 Å². The molecule has 2 rings (SSSR count). The molecule has 1 atom stereocenters. The van der Waals surface area contributed by atoms with E-state index in [2.05, 4.69) is 20.9 Å². The van der Waals surface area contributed by atoms with Gasteiger partial charge >= 0.3 is 0 Å². The molecule has 1 saturated carbocycles. The molecule has 0 aromatic carbocycles. The Morgan fingerprint density at radius 2 is 2.22 bits per heavy atom. The lowest BCUT2D eigenvalue weighted by molar-refractivity contribution is 0.340. The monoisotopic (exact) mass is 333 g/mol. The summed E-state index contributed by atoms with van der Waals surface area (Å²) in [6, 6.07) is 1.44. The van der Waals surface area contributed by atoms with Crippen molar-refractivity contribution in [1.29, 1.82) is 0 Å². The molecule has 18 heavy (non-hydrogen) atoms. The summed E-state index contributed by atoms with van der Waals surface area (Å²) in [5, 5.41) is 0. The molecule has 0 bridgehead atoms. The molecule has 2 N–H and O–H groups in total. The first-order valence-corrected chi connectivity index (χ1v) is 7.98. The van der Waals surface area contributed by atoms with E-state index >= 15 is 0 Å². The molecule has 7 heteroatoms. The van der Waals surface area contributed by atoms with E-state index in [-0.39, 0.29) is 10.9 Å². The SMILES string of the molecule is CN(C(CN)C1CC1)S(=O)(=O)c1cncc(Br)c1. The van der Waals surface area contributed by atoms with Crippen LogP contribution in [0.5, 0.6) is 0 Å². The van der Waals surface area contributed by atoms with Gasteiger partial charge in [0.1, 0.15) is 4.90 Å². The van der Waals surface area contributed by atoms with Crippen LogP contribution in [-0.4, -0.2) is 37.3 Å². The van der Waals surface area contributed by atoms with E-state index in [1.165, 1.54) is 10.5 Å². The molecule has 1 unspecified atom stereocenters. The van der Waals surface area contributed by atoms with Crippen molar-refractivity contribution < 1.29 is 8.42 Å². The summed E-state index contributed by atoms with van der Waals surface area (Å²) < 4.78 is 26.9. The Balaban J connectivity index is 2.29. The Bertz CT molecular complexity index is 531. The third-order valence-corrected chi connectivity index (χ3v) is 5.51. The first-order valence-electron chi connectivity index (χ1n) is 5.75. The molecule has 5 nitrogen and oxygen atoms in total. The number of hydrogen-bond acceptors (Lipinski definition) is 4. The Morgan fingerprint density at radius 3 is 2.72 bits per heavy atom. The lowest BCUT2D eigenvalue weighted by Crippen LogP contribution is -2.43. The molecule has 1 aliphatic rings. The van der Waals surface area contributed by atoms with Gasteiger partial charge in [0.25, 0.3) is 0 Å². The van der Waals surface area contributed by atoms with Crippen LogP contribution in [0.1, 0.15) is 12.8 Å². The Hall–Kier alpha value is -0.500. The molecule has 1 fully saturated rings. The first-order chi connectivity index (χ1) is 8.46. The van der Waals surface area contributed by atoms with Crippen molar-refractivity contribution in [2.75, 3.05) is 13.6 Å². The number of halogens is 1. The molecule has 0 radical (unpaired) electrons. The predicted octanol–water partition coefficient (Wildman–Crippen LogP) is 1.20. The second-order valence-electron chi connectivity index (χ2n) is 4.50. The Labute approximate surface area is 116 Å². The molecule has 100 valence electrons. The second kappa shape index (κ2) is 5.24. The maximum atomic E-state index is 12.4. The summed E-state index contributed by atoms with van der Waals surface area (Å²) in [5.74, 6) is 0.398. The van der Waals surface area contributed by atoms with Crippen LogP contribution in [0.25, 0.3) is 0 Å². The molecule has 1 heterocycles. The normalized spacial score (nSPS) is 18.0. The summed E-state index contributed by atoms with van der Waals surface area (Å²) in [7, 11) is -1.93. The highest BCUT2D eigenvalue weighted by atomic mass is 79.9. The number of likely N-dealkylation sites (N-methyl/N-ethyl adjacent to an activating group) is 1. The van der Waals surface area contributed by atoms with E-state index in [1.807, 2.05) is 0 Å². The highest BCUT2D eigenvalue weighted by Crippen LogP contribution is 2.36. The van der Waals surface area contributed by atoms with Crippen LogP contribution in [0.4, 0.5) is 0 Å². The average Bonchev–Trinajstić information content (AvgIpc) is 3.14. The van der Waals surface area contributed by atoms with Gasteiger partial charge in [0, 0.05) is 36.5 Å². The van der Waals surface area contributed by atoms with E-state index in [4.69, 9.17) is 5.73 Å². The summed E-state index contributed by atoms with van der Waals surface area (Å²) >= 11 is 3.23. The molecule has 0 spiro atoms. The summed E-state index contributed by atoms with van der Waals surface area (Å²) in [4.78, 5) is 4.09. The minimum Gasteiger partial charge on any atom is -0.329 e. The van der Waals surface area contributed by atoms with Gasteiger partial charge in [0.2, 0.25) is 10.0 Å². The fraction of sp³-hybridized carbons (Fsp3) is 0.545. The standard InChI is InChI=1S/C11H16BrN3O2S/c1-15(11(5-13)8-2-3-8)18(16,17)10-4-9(12)6-14-7-10/h4,6-8,11H,2-3,5,13H2,1H3. The lowest BCUT2D eigenvalue weighted by atomic mass is 10.2. The van der Waals surface area contributed by atoms with Crippen LogP contribution >= 0.6 is 15.9 Å². The molecule has 1 aromatic rings. The number of sulfonamides is 1. The Morgan fingerprint density at radius 1 is 1.56 bits per heavy atom. The van der Waals surface area contributed by atoms with Gasteiger partial charge in [-0.2, -0.15) is 4.31 Å². The van der Waals surface area contributed by atoms with Gasteiger partial charge in [0.05, 0.1) is 0 Å². The smallest absolute Gasteiger partial charge is 0.244 e. The molecule has 1 aromatic heterocycles. The van der Waals surface area contributed by atoms with Gasteiger partial charge in [-0.1, -0.05) is 0 Å². The molecule has 0 amide bonds. The number of nitrogens with two attached hydrogens (primary N) is 1. The number of aromatic nitrogens is 1. The number of nitrogens with zero attached hydrogens (tertiary/aromatic N) is 2. The van der Waals surface area contributed by atoms with Crippen LogP contribution in [0.2, 0.25) is 0 Å². The van der Waals surface area contributed by atoms with Gasteiger partial charge in [-0.25, -0.2) is 8.42 Å². The van der Waals surface area contributed by atoms with Crippen LogP contribution in [0.3, 0.4) is 0 Å². The van der Waals surface area contributed by atoms with Crippen molar-refractivity contribution in [3.8, 4) is 0 Å². The summed E-state index contributed by atoms with van der Waals surface area (Å²) in [6.45, 7) is 0.349. The van der Waals surface area contributed by atoms with Crippen molar-refractivity contribution >= 4 is 26.0 Å². The molecular weight excluding hydrogens is 318 g/mol. The maximum Gasteiger partial charge on any atom is 0.244 e. The van der Waals surface area contributed by atoms with E-state index in [0.29, 0.717) is 16.9 Å². The summed E-state index contributed by atoms with van der Waals surface area (Å²) in [5.41, 5.74) is 5.69. The zero-order chi connectivity index (χ0) is 13.3. The molecule has 1 aliphatic carbocycles. The van der Waals surface area contributed by atoms with Gasteiger partial charge in [0.15, 0.2) is 0 Å². The molecular formula is C11H16BrN3O2S. The largest absolute Gasteiger partial charge is 0.329 e. The van der Waals surface area contributed by atoms with Crippen LogP contribution in [0.15, 0.2) is 27.8 Å². The van der Waals surface area contributed by atoms with Crippen molar-refractivity contribution in [2.45, 2.75) is 23.8 Å². The van der Waals surface area contributed by atoms with Gasteiger partial charge < -0.3 is 5.73 Å². The van der Waals surface area contributed by atoms with Gasteiger partial charge in [-0.3, -0.25) is 4.98 Å². The van der Waals surface area contributed by atoms with Crippen molar-refractivity contribution in [3.63, 3.8) is 0 Å². The van der Waals surface area contributed by atoms with Crippen LogP contribution in [0, 0.1) is 5.92 Å². The highest BCUT2D eigenvalue weighted by Gasteiger charge is 2.38. The Kier molecular flexibility index (Phi) is 4.05. The molecule has 0 saturated heterocycles. The quantitative estimate of drug-likeness (QED) is 0.878. The first kappa shape index (κ1) is 13.9.